The second-order valence-electron chi connectivity index (χ2n) is 5.67. The highest BCUT2D eigenvalue weighted by Gasteiger charge is 2.37. The van der Waals surface area contributed by atoms with Crippen molar-refractivity contribution in [2.45, 2.75) is 26.4 Å². The molecule has 2 atom stereocenters. The van der Waals surface area contributed by atoms with Crippen molar-refractivity contribution in [2.24, 2.45) is 0 Å². The summed E-state index contributed by atoms with van der Waals surface area (Å²) in [5.41, 5.74) is 1.48. The molecule has 1 aromatic carbocycles. The standard InChI is InChI=1S/C17H18N2O6S/c1-3-25-16(23)9-5-4-6-10(7-9)19-14(20)11-8(2)12(15(21)22)26-13(11)18-17(19)24/h4-7,14,17-18,20,24H,3H2,1-2H3,(H,21,22). The number of nitrogens with one attached hydrogen (secondary N) is 1. The van der Waals surface area contributed by atoms with Crippen LogP contribution in [-0.2, 0) is 4.74 Å². The molecule has 2 heterocycles. The highest BCUT2D eigenvalue weighted by molar-refractivity contribution is 7.18. The number of thiophene rings is 1. The third kappa shape index (κ3) is 3.00. The minimum Gasteiger partial charge on any atom is -0.477 e. The van der Waals surface area contributed by atoms with Gasteiger partial charge in [0, 0.05) is 11.3 Å². The van der Waals surface area contributed by atoms with E-state index in [9.17, 15) is 24.9 Å². The van der Waals surface area contributed by atoms with Crippen molar-refractivity contribution in [1.82, 2.24) is 0 Å². The number of hydrogen-bond donors (Lipinski definition) is 4. The minimum absolute atomic E-state index is 0.0934. The summed E-state index contributed by atoms with van der Waals surface area (Å²) in [6.45, 7) is 3.54. The van der Waals surface area contributed by atoms with Crippen LogP contribution in [0.25, 0.3) is 0 Å². The van der Waals surface area contributed by atoms with E-state index in [1.54, 1.807) is 32.0 Å². The number of fused-ring (bicyclic) bond motifs is 1. The molecule has 3 rings (SSSR count). The van der Waals surface area contributed by atoms with E-state index in [4.69, 9.17) is 4.74 Å². The topological polar surface area (TPSA) is 119 Å². The molecule has 0 spiro atoms. The SMILES string of the molecule is CCOC(=O)c1cccc(N2C(O)Nc3sc(C(=O)O)c(C)c3C2O)c1. The van der Waals surface area contributed by atoms with Gasteiger partial charge < -0.3 is 25.4 Å². The summed E-state index contributed by atoms with van der Waals surface area (Å²) in [7, 11) is 0. The smallest absolute Gasteiger partial charge is 0.346 e. The number of rotatable bonds is 4. The van der Waals surface area contributed by atoms with Crippen LogP contribution in [0.2, 0.25) is 0 Å². The second kappa shape index (κ2) is 6.94. The summed E-state index contributed by atoms with van der Waals surface area (Å²) in [6.07, 6.45) is -2.57. The number of nitrogens with zero attached hydrogens (tertiary/aromatic N) is 1. The molecule has 0 saturated heterocycles. The van der Waals surface area contributed by atoms with E-state index in [0.29, 0.717) is 21.8 Å². The lowest BCUT2D eigenvalue weighted by Gasteiger charge is -2.39. The van der Waals surface area contributed by atoms with Gasteiger partial charge in [0.05, 0.1) is 12.2 Å². The monoisotopic (exact) mass is 378 g/mol. The van der Waals surface area contributed by atoms with Crippen LogP contribution in [0.3, 0.4) is 0 Å². The molecule has 0 amide bonds. The molecule has 4 N–H and O–H groups in total. The number of ether oxygens (including phenoxy) is 1. The van der Waals surface area contributed by atoms with Crippen LogP contribution in [-0.4, -0.2) is 40.2 Å². The average molecular weight is 378 g/mol. The Hall–Kier alpha value is -2.62. The molecule has 2 unspecified atom stereocenters. The number of benzene rings is 1. The molecule has 0 saturated carbocycles. The summed E-state index contributed by atoms with van der Waals surface area (Å²) in [5.74, 6) is -1.61. The molecule has 1 aliphatic rings. The van der Waals surface area contributed by atoms with Crippen LogP contribution >= 0.6 is 11.3 Å². The molecule has 1 aliphatic heterocycles. The van der Waals surface area contributed by atoms with Gasteiger partial charge in [-0.15, -0.1) is 11.3 Å². The molecule has 26 heavy (non-hydrogen) atoms. The van der Waals surface area contributed by atoms with Gasteiger partial charge in [-0.2, -0.15) is 0 Å². The molecular weight excluding hydrogens is 360 g/mol. The third-order valence-corrected chi connectivity index (χ3v) is 5.32. The van der Waals surface area contributed by atoms with E-state index in [2.05, 4.69) is 5.32 Å². The molecule has 0 bridgehead atoms. The third-order valence-electron chi connectivity index (χ3n) is 4.09. The summed E-state index contributed by atoms with van der Waals surface area (Å²) in [6, 6.07) is 6.31. The highest BCUT2D eigenvalue weighted by atomic mass is 32.1. The quantitative estimate of drug-likeness (QED) is 0.598. The fraction of sp³-hybridized carbons (Fsp3) is 0.294. The molecule has 138 valence electrons. The zero-order valence-electron chi connectivity index (χ0n) is 14.1. The number of carboxylic acids is 1. The van der Waals surface area contributed by atoms with Gasteiger partial charge in [-0.1, -0.05) is 6.07 Å². The second-order valence-corrected chi connectivity index (χ2v) is 6.69. The van der Waals surface area contributed by atoms with Crippen molar-refractivity contribution >= 4 is 34.0 Å². The predicted octanol–water partition coefficient (Wildman–Crippen LogP) is 2.13. The first kappa shape index (κ1) is 18.2. The Morgan fingerprint density at radius 2 is 2.08 bits per heavy atom. The van der Waals surface area contributed by atoms with Crippen molar-refractivity contribution in [1.29, 1.82) is 0 Å². The van der Waals surface area contributed by atoms with Crippen LogP contribution in [0.15, 0.2) is 24.3 Å². The highest BCUT2D eigenvalue weighted by Crippen LogP contribution is 2.43. The molecule has 8 nitrogen and oxygen atoms in total. The van der Waals surface area contributed by atoms with Gasteiger partial charge in [-0.05, 0) is 37.6 Å². The number of carboxylic acid groups (broad SMARTS) is 1. The summed E-state index contributed by atoms with van der Waals surface area (Å²) in [5, 5.41) is 33.6. The normalized spacial score (nSPS) is 18.8. The molecule has 0 fully saturated rings. The van der Waals surface area contributed by atoms with E-state index < -0.39 is 24.5 Å². The Kier molecular flexibility index (Phi) is 4.86. The maximum absolute atomic E-state index is 11.9. The maximum atomic E-state index is 11.9. The molecular formula is C17H18N2O6S. The van der Waals surface area contributed by atoms with Crippen LogP contribution in [0.1, 0.15) is 44.3 Å². The van der Waals surface area contributed by atoms with Gasteiger partial charge in [0.1, 0.15) is 9.88 Å². The molecule has 1 aromatic heterocycles. The lowest BCUT2D eigenvalue weighted by molar-refractivity contribution is 0.0524. The van der Waals surface area contributed by atoms with E-state index in [1.165, 1.54) is 11.0 Å². The number of esters is 1. The van der Waals surface area contributed by atoms with Crippen molar-refractivity contribution in [3.63, 3.8) is 0 Å². The van der Waals surface area contributed by atoms with Gasteiger partial charge in [0.15, 0.2) is 6.23 Å². The van der Waals surface area contributed by atoms with Gasteiger partial charge in [0.25, 0.3) is 0 Å². The average Bonchev–Trinajstić information content (AvgIpc) is 2.92. The van der Waals surface area contributed by atoms with Gasteiger partial charge in [-0.3, -0.25) is 4.90 Å². The van der Waals surface area contributed by atoms with Crippen molar-refractivity contribution in [3.05, 3.63) is 45.8 Å². The molecule has 2 aromatic rings. The number of carbonyl (C=O) groups is 2. The number of aliphatic hydroxyl groups excluding tert-OH is 2. The van der Waals surface area contributed by atoms with Crippen LogP contribution in [0.4, 0.5) is 10.7 Å². The number of carbonyl (C=O) groups excluding carboxylic acids is 1. The van der Waals surface area contributed by atoms with E-state index >= 15 is 0 Å². The fourth-order valence-corrected chi connectivity index (χ4v) is 3.99. The van der Waals surface area contributed by atoms with Gasteiger partial charge in [0.2, 0.25) is 6.35 Å². The van der Waals surface area contributed by atoms with E-state index in [0.717, 1.165) is 11.3 Å². The summed E-state index contributed by atoms with van der Waals surface area (Å²) < 4.78 is 4.97. The molecule has 0 aliphatic carbocycles. The first-order chi connectivity index (χ1) is 12.3. The molecule has 9 heteroatoms. The Labute approximate surface area is 153 Å². The zero-order chi connectivity index (χ0) is 19.0. The van der Waals surface area contributed by atoms with Crippen molar-refractivity contribution < 1.29 is 29.6 Å². The zero-order valence-corrected chi connectivity index (χ0v) is 14.9. The first-order valence-electron chi connectivity index (χ1n) is 7.90. The predicted molar refractivity (Wildman–Crippen MR) is 95.5 cm³/mol. The lowest BCUT2D eigenvalue weighted by Crippen LogP contribution is -2.47. The lowest BCUT2D eigenvalue weighted by atomic mass is 10.1. The van der Waals surface area contributed by atoms with Gasteiger partial charge in [-0.25, -0.2) is 9.59 Å². The Bertz CT molecular complexity index is 865. The minimum atomic E-state index is -1.30. The van der Waals surface area contributed by atoms with Crippen LogP contribution in [0.5, 0.6) is 0 Å². The summed E-state index contributed by atoms with van der Waals surface area (Å²) >= 11 is 0.958. The first-order valence-corrected chi connectivity index (χ1v) is 8.71. The van der Waals surface area contributed by atoms with Crippen LogP contribution < -0.4 is 10.2 Å². The van der Waals surface area contributed by atoms with Gasteiger partial charge >= 0.3 is 11.9 Å². The van der Waals surface area contributed by atoms with Crippen molar-refractivity contribution in [3.8, 4) is 0 Å². The summed E-state index contributed by atoms with van der Waals surface area (Å²) in [4.78, 5) is 24.6. The molecule has 0 radical (unpaired) electrons. The number of hydrogen-bond acceptors (Lipinski definition) is 8. The largest absolute Gasteiger partial charge is 0.477 e. The van der Waals surface area contributed by atoms with E-state index in [-0.39, 0.29) is 17.0 Å². The Morgan fingerprint density at radius 3 is 2.73 bits per heavy atom. The van der Waals surface area contributed by atoms with Crippen LogP contribution in [0, 0.1) is 6.92 Å². The fourth-order valence-electron chi connectivity index (χ4n) is 2.90. The number of aromatic carboxylic acids is 1. The Morgan fingerprint density at radius 1 is 1.35 bits per heavy atom. The maximum Gasteiger partial charge on any atom is 0.346 e. The van der Waals surface area contributed by atoms with E-state index in [1.807, 2.05) is 0 Å². The number of anilines is 2. The Balaban J connectivity index is 2.01. The number of aliphatic hydroxyl groups is 2. The van der Waals surface area contributed by atoms with Crippen molar-refractivity contribution in [2.75, 3.05) is 16.8 Å².